The molecule has 1 aromatic carbocycles. The van der Waals surface area contributed by atoms with Crippen LogP contribution < -0.4 is 10.6 Å². The smallest absolute Gasteiger partial charge is 0.337 e. The van der Waals surface area contributed by atoms with Crippen molar-refractivity contribution < 1.29 is 19.1 Å². The lowest BCUT2D eigenvalue weighted by molar-refractivity contribution is 0.0600. The molecule has 2 aromatic heterocycles. The topological polar surface area (TPSA) is 102 Å². The van der Waals surface area contributed by atoms with Crippen LogP contribution in [0.1, 0.15) is 31.5 Å². The Morgan fingerprint density at radius 2 is 2.00 bits per heavy atom. The van der Waals surface area contributed by atoms with Crippen molar-refractivity contribution in [3.05, 3.63) is 78.4 Å². The normalized spacial score (nSPS) is 10.3. The summed E-state index contributed by atoms with van der Waals surface area (Å²) < 4.78 is 6.21. The number of benzene rings is 1. The zero-order valence-corrected chi connectivity index (χ0v) is 15.1. The molecule has 0 unspecified atom stereocenters. The summed E-state index contributed by atoms with van der Waals surface area (Å²) in [6, 6.07) is 11.5. The highest BCUT2D eigenvalue weighted by Gasteiger charge is 2.21. The van der Waals surface area contributed by atoms with Crippen molar-refractivity contribution in [1.29, 1.82) is 0 Å². The van der Waals surface area contributed by atoms with Gasteiger partial charge in [0.2, 0.25) is 5.82 Å². The second-order valence-electron chi connectivity index (χ2n) is 5.77. The minimum absolute atomic E-state index is 0.0443. The number of nitrogens with one attached hydrogen (secondary N) is 2. The van der Waals surface area contributed by atoms with Crippen LogP contribution >= 0.6 is 0 Å². The van der Waals surface area contributed by atoms with E-state index in [-0.39, 0.29) is 18.1 Å². The van der Waals surface area contributed by atoms with Crippen LogP contribution in [0.15, 0.2) is 61.3 Å². The fraction of sp³-hybridized carbons (Fsp3) is 0.100. The molecule has 0 fully saturated rings. The van der Waals surface area contributed by atoms with Gasteiger partial charge in [0, 0.05) is 18.4 Å². The molecular formula is C20H18N4O4. The number of methoxy groups -OCH3 is 1. The van der Waals surface area contributed by atoms with Gasteiger partial charge in [0.15, 0.2) is 5.69 Å². The number of fused-ring (bicyclic) bond motifs is 1. The zero-order chi connectivity index (χ0) is 20.1. The number of rotatable bonds is 6. The molecule has 2 amide bonds. The number of pyridine rings is 1. The standard InChI is InChI=1S/C20H18N4O4/c1-3-10-21-18(25)16-15-9-4-5-11-24(15)17(23-16)19(26)22-14-8-6-7-13(12-14)20(27)28-2/h3-9,11-12H,1,10H2,2H3,(H,21,25)(H,22,26). The van der Waals surface area contributed by atoms with Gasteiger partial charge >= 0.3 is 5.97 Å². The van der Waals surface area contributed by atoms with Crippen LogP contribution in [0.4, 0.5) is 5.69 Å². The number of amides is 2. The number of carbonyl (C=O) groups excluding carboxylic acids is 3. The average molecular weight is 378 g/mol. The molecule has 0 radical (unpaired) electrons. The fourth-order valence-electron chi connectivity index (χ4n) is 2.64. The van der Waals surface area contributed by atoms with Crippen molar-refractivity contribution >= 4 is 29.0 Å². The van der Waals surface area contributed by atoms with E-state index < -0.39 is 17.8 Å². The van der Waals surface area contributed by atoms with Crippen molar-refractivity contribution in [2.45, 2.75) is 0 Å². The van der Waals surface area contributed by atoms with Gasteiger partial charge in [0.05, 0.1) is 18.2 Å². The van der Waals surface area contributed by atoms with Gasteiger partial charge in [-0.3, -0.25) is 14.0 Å². The van der Waals surface area contributed by atoms with E-state index in [1.165, 1.54) is 17.6 Å². The summed E-state index contributed by atoms with van der Waals surface area (Å²) in [6.07, 6.45) is 3.20. The first-order valence-corrected chi connectivity index (χ1v) is 8.41. The highest BCUT2D eigenvalue weighted by atomic mass is 16.5. The van der Waals surface area contributed by atoms with Gasteiger partial charge in [0.1, 0.15) is 0 Å². The molecule has 8 nitrogen and oxygen atoms in total. The van der Waals surface area contributed by atoms with Gasteiger partial charge in [-0.15, -0.1) is 6.58 Å². The van der Waals surface area contributed by atoms with Crippen LogP contribution in [0.25, 0.3) is 5.52 Å². The molecule has 142 valence electrons. The van der Waals surface area contributed by atoms with E-state index in [1.807, 2.05) is 0 Å². The number of imidazole rings is 1. The first-order valence-electron chi connectivity index (χ1n) is 8.41. The van der Waals surface area contributed by atoms with Gasteiger partial charge in [-0.05, 0) is 30.3 Å². The molecule has 0 bridgehead atoms. The molecule has 0 aliphatic rings. The monoisotopic (exact) mass is 378 g/mol. The Balaban J connectivity index is 1.93. The van der Waals surface area contributed by atoms with Gasteiger partial charge in [0.25, 0.3) is 11.8 Å². The second-order valence-corrected chi connectivity index (χ2v) is 5.77. The predicted molar refractivity (Wildman–Crippen MR) is 103 cm³/mol. The SMILES string of the molecule is C=CCNC(=O)c1nc(C(=O)Nc2cccc(C(=O)OC)c2)n2ccccc12. The van der Waals surface area contributed by atoms with Crippen molar-refractivity contribution in [2.24, 2.45) is 0 Å². The van der Waals surface area contributed by atoms with Crippen molar-refractivity contribution in [3.8, 4) is 0 Å². The molecule has 0 atom stereocenters. The molecular weight excluding hydrogens is 360 g/mol. The highest BCUT2D eigenvalue weighted by Crippen LogP contribution is 2.16. The van der Waals surface area contributed by atoms with Crippen molar-refractivity contribution in [2.75, 3.05) is 19.0 Å². The number of hydrogen-bond donors (Lipinski definition) is 2. The van der Waals surface area contributed by atoms with Gasteiger partial charge in [-0.1, -0.05) is 18.2 Å². The maximum absolute atomic E-state index is 12.8. The Morgan fingerprint density at radius 1 is 1.18 bits per heavy atom. The first-order chi connectivity index (χ1) is 13.5. The third-order valence-corrected chi connectivity index (χ3v) is 3.92. The van der Waals surface area contributed by atoms with E-state index in [1.54, 1.807) is 48.7 Å². The maximum Gasteiger partial charge on any atom is 0.337 e. The molecule has 8 heteroatoms. The third-order valence-electron chi connectivity index (χ3n) is 3.92. The third kappa shape index (κ3) is 3.75. The molecule has 0 aliphatic heterocycles. The lowest BCUT2D eigenvalue weighted by Crippen LogP contribution is -2.24. The Labute approximate surface area is 160 Å². The molecule has 0 saturated heterocycles. The molecule has 0 spiro atoms. The van der Waals surface area contributed by atoms with E-state index in [0.717, 1.165) is 0 Å². The predicted octanol–water partition coefficient (Wildman–Crippen LogP) is 2.29. The molecule has 28 heavy (non-hydrogen) atoms. The summed E-state index contributed by atoms with van der Waals surface area (Å²) in [5, 5.41) is 5.34. The second kappa shape index (κ2) is 8.17. The van der Waals surface area contributed by atoms with Crippen LogP contribution in [0.3, 0.4) is 0 Å². The van der Waals surface area contributed by atoms with Gasteiger partial charge < -0.3 is 15.4 Å². The molecule has 2 heterocycles. The lowest BCUT2D eigenvalue weighted by Gasteiger charge is -2.06. The maximum atomic E-state index is 12.8. The molecule has 0 aliphatic carbocycles. The number of esters is 1. The average Bonchev–Trinajstić information content (AvgIpc) is 3.11. The molecule has 3 aromatic rings. The van der Waals surface area contributed by atoms with E-state index >= 15 is 0 Å². The summed E-state index contributed by atoms with van der Waals surface area (Å²) in [7, 11) is 1.28. The highest BCUT2D eigenvalue weighted by molar-refractivity contribution is 6.06. The van der Waals surface area contributed by atoms with E-state index in [2.05, 4.69) is 26.9 Å². The Kier molecular flexibility index (Phi) is 5.50. The van der Waals surface area contributed by atoms with Crippen molar-refractivity contribution in [3.63, 3.8) is 0 Å². The minimum atomic E-state index is -0.522. The van der Waals surface area contributed by atoms with E-state index in [4.69, 9.17) is 0 Å². The molecule has 0 saturated carbocycles. The van der Waals surface area contributed by atoms with E-state index in [9.17, 15) is 14.4 Å². The van der Waals surface area contributed by atoms with Crippen molar-refractivity contribution in [1.82, 2.24) is 14.7 Å². The number of carbonyl (C=O) groups is 3. The Bertz CT molecular complexity index is 1070. The summed E-state index contributed by atoms with van der Waals surface area (Å²) in [6.45, 7) is 3.84. The van der Waals surface area contributed by atoms with Crippen LogP contribution in [-0.2, 0) is 4.74 Å². The molecule has 3 rings (SSSR count). The minimum Gasteiger partial charge on any atom is -0.465 e. The summed E-state index contributed by atoms with van der Waals surface area (Å²) in [5.74, 6) is -1.40. The summed E-state index contributed by atoms with van der Waals surface area (Å²) in [5.41, 5.74) is 1.34. The lowest BCUT2D eigenvalue weighted by atomic mass is 10.2. The molecule has 2 N–H and O–H groups in total. The first kappa shape index (κ1) is 18.8. The number of anilines is 1. The Hall–Kier alpha value is -3.94. The van der Waals surface area contributed by atoms with Crippen LogP contribution in [0.5, 0.6) is 0 Å². The number of nitrogens with zero attached hydrogens (tertiary/aromatic N) is 2. The quantitative estimate of drug-likeness (QED) is 0.506. The number of aromatic nitrogens is 2. The number of hydrogen-bond acceptors (Lipinski definition) is 5. The van der Waals surface area contributed by atoms with Crippen LogP contribution in [0.2, 0.25) is 0 Å². The number of ether oxygens (including phenoxy) is 1. The summed E-state index contributed by atoms with van der Waals surface area (Å²) >= 11 is 0. The summed E-state index contributed by atoms with van der Waals surface area (Å²) in [4.78, 5) is 41.0. The van der Waals surface area contributed by atoms with Crippen LogP contribution in [-0.4, -0.2) is 40.8 Å². The van der Waals surface area contributed by atoms with Gasteiger partial charge in [-0.2, -0.15) is 0 Å². The zero-order valence-electron chi connectivity index (χ0n) is 15.1. The van der Waals surface area contributed by atoms with Crippen LogP contribution in [0, 0.1) is 0 Å². The van der Waals surface area contributed by atoms with Gasteiger partial charge in [-0.25, -0.2) is 9.78 Å². The van der Waals surface area contributed by atoms with E-state index in [0.29, 0.717) is 16.8 Å². The fourth-order valence-corrected chi connectivity index (χ4v) is 2.64. The Morgan fingerprint density at radius 3 is 2.75 bits per heavy atom. The largest absolute Gasteiger partial charge is 0.465 e.